The van der Waals surface area contributed by atoms with Crippen molar-refractivity contribution >= 4 is 22.8 Å². The predicted octanol–water partition coefficient (Wildman–Crippen LogP) is -0.0826. The highest BCUT2D eigenvalue weighted by atomic mass is 32.2. The summed E-state index contributed by atoms with van der Waals surface area (Å²) >= 11 is 0. The van der Waals surface area contributed by atoms with E-state index in [2.05, 4.69) is 10.6 Å². The number of urea groups is 1. The normalized spacial score (nSPS) is 13.9. The number of carbonyl (C=O) groups is 2. The van der Waals surface area contributed by atoms with Crippen molar-refractivity contribution in [2.75, 3.05) is 18.6 Å². The van der Waals surface area contributed by atoms with Crippen LogP contribution >= 0.6 is 0 Å². The molecule has 0 aromatic carbocycles. The fraction of sp³-hybridized carbons (Fsp3) is 0.778. The molecule has 0 fully saturated rings. The number of amides is 2. The van der Waals surface area contributed by atoms with E-state index in [1.54, 1.807) is 13.2 Å². The van der Waals surface area contributed by atoms with Gasteiger partial charge in [-0.15, -0.1) is 0 Å². The van der Waals surface area contributed by atoms with Crippen molar-refractivity contribution in [3.8, 4) is 0 Å². The molecular weight excluding hydrogens is 232 g/mol. The first-order valence-corrected chi connectivity index (χ1v) is 6.74. The molecule has 2 amide bonds. The summed E-state index contributed by atoms with van der Waals surface area (Å²) in [7, 11) is -0.942. The summed E-state index contributed by atoms with van der Waals surface area (Å²) in [5.74, 6) is -0.551. The molecule has 0 heterocycles. The second kappa shape index (κ2) is 8.09. The number of rotatable bonds is 7. The molecule has 0 aliphatic carbocycles. The zero-order valence-electron chi connectivity index (χ0n) is 9.49. The van der Waals surface area contributed by atoms with Gasteiger partial charge in [0.2, 0.25) is 0 Å². The molecule has 6 nitrogen and oxygen atoms in total. The summed E-state index contributed by atoms with van der Waals surface area (Å²) in [6.07, 6.45) is 2.02. The van der Waals surface area contributed by atoms with Crippen molar-refractivity contribution in [3.63, 3.8) is 0 Å². The van der Waals surface area contributed by atoms with E-state index in [-0.39, 0.29) is 12.5 Å². The fourth-order valence-corrected chi connectivity index (χ4v) is 1.44. The number of hydrogen-bond acceptors (Lipinski definition) is 3. The van der Waals surface area contributed by atoms with Gasteiger partial charge in [0.25, 0.3) is 0 Å². The van der Waals surface area contributed by atoms with E-state index >= 15 is 0 Å². The number of hydrogen-bond donors (Lipinski definition) is 3. The molecule has 0 rings (SSSR count). The molecule has 0 saturated heterocycles. The molecule has 0 bridgehead atoms. The van der Waals surface area contributed by atoms with Crippen LogP contribution in [0.1, 0.15) is 19.8 Å². The van der Waals surface area contributed by atoms with Crippen molar-refractivity contribution in [2.24, 2.45) is 0 Å². The third-order valence-corrected chi connectivity index (χ3v) is 2.70. The van der Waals surface area contributed by atoms with Crippen LogP contribution in [0.15, 0.2) is 0 Å². The van der Waals surface area contributed by atoms with Gasteiger partial charge in [-0.05, 0) is 6.42 Å². The Morgan fingerprint density at radius 1 is 1.44 bits per heavy atom. The zero-order chi connectivity index (χ0) is 12.6. The minimum absolute atomic E-state index is 0.0936. The molecule has 0 aromatic rings. The first-order chi connectivity index (χ1) is 7.45. The molecule has 0 radical (unpaired) electrons. The summed E-state index contributed by atoms with van der Waals surface area (Å²) in [6, 6.07) is -0.789. The Morgan fingerprint density at radius 2 is 2.06 bits per heavy atom. The third kappa shape index (κ3) is 8.22. The van der Waals surface area contributed by atoms with Crippen LogP contribution in [0, 0.1) is 0 Å². The Morgan fingerprint density at radius 3 is 2.50 bits per heavy atom. The Bertz CT molecular complexity index is 270. The lowest BCUT2D eigenvalue weighted by atomic mass is 10.1. The first-order valence-electron chi connectivity index (χ1n) is 5.01. The number of carbonyl (C=O) groups excluding carboxylic acids is 1. The second-order valence-corrected chi connectivity index (χ2v) is 4.94. The van der Waals surface area contributed by atoms with Crippen LogP contribution in [-0.4, -0.2) is 45.9 Å². The molecule has 0 aliphatic rings. The first kappa shape index (κ1) is 14.9. The van der Waals surface area contributed by atoms with Gasteiger partial charge in [-0.1, -0.05) is 6.92 Å². The van der Waals surface area contributed by atoms with E-state index in [0.29, 0.717) is 18.7 Å². The maximum Gasteiger partial charge on any atom is 0.315 e. The van der Waals surface area contributed by atoms with Crippen LogP contribution in [0.2, 0.25) is 0 Å². The number of aliphatic carboxylic acids is 1. The Hall–Kier alpha value is -1.11. The van der Waals surface area contributed by atoms with Crippen molar-refractivity contribution in [1.82, 2.24) is 10.6 Å². The average molecular weight is 250 g/mol. The molecule has 0 aromatic heterocycles. The molecule has 2 atom stereocenters. The summed E-state index contributed by atoms with van der Waals surface area (Å²) in [6.45, 7) is 2.12. The quantitative estimate of drug-likeness (QED) is 0.589. The van der Waals surface area contributed by atoms with Crippen LogP contribution in [0.5, 0.6) is 0 Å². The van der Waals surface area contributed by atoms with Gasteiger partial charge in [-0.25, -0.2) is 4.79 Å². The molecule has 7 heteroatoms. The summed E-state index contributed by atoms with van der Waals surface area (Å²) < 4.78 is 10.7. The van der Waals surface area contributed by atoms with Crippen LogP contribution in [0.3, 0.4) is 0 Å². The number of carboxylic acid groups (broad SMARTS) is 1. The Kier molecular flexibility index (Phi) is 7.53. The Balaban J connectivity index is 3.82. The molecule has 2 unspecified atom stereocenters. The van der Waals surface area contributed by atoms with Gasteiger partial charge < -0.3 is 15.7 Å². The van der Waals surface area contributed by atoms with Gasteiger partial charge in [0, 0.05) is 35.4 Å². The lowest BCUT2D eigenvalue weighted by Gasteiger charge is -2.15. The molecule has 0 aliphatic heterocycles. The van der Waals surface area contributed by atoms with E-state index in [1.165, 1.54) is 0 Å². The topological polar surface area (TPSA) is 95.5 Å². The molecule has 94 valence electrons. The highest BCUT2D eigenvalue weighted by molar-refractivity contribution is 7.84. The van der Waals surface area contributed by atoms with E-state index in [9.17, 15) is 13.8 Å². The highest BCUT2D eigenvalue weighted by Crippen LogP contribution is 1.96. The van der Waals surface area contributed by atoms with Crippen molar-refractivity contribution in [2.45, 2.75) is 25.8 Å². The fourth-order valence-electron chi connectivity index (χ4n) is 1.05. The Labute approximate surface area is 97.3 Å². The minimum atomic E-state index is -0.943. The van der Waals surface area contributed by atoms with Crippen molar-refractivity contribution in [3.05, 3.63) is 0 Å². The highest BCUT2D eigenvalue weighted by Gasteiger charge is 2.13. The molecule has 16 heavy (non-hydrogen) atoms. The lowest BCUT2D eigenvalue weighted by Crippen LogP contribution is -2.43. The largest absolute Gasteiger partial charge is 0.481 e. The SMILES string of the molecule is CCC(CC(=O)O)NC(=O)NCCS(C)=O. The van der Waals surface area contributed by atoms with Crippen LogP contribution < -0.4 is 10.6 Å². The van der Waals surface area contributed by atoms with Gasteiger partial charge in [0.1, 0.15) is 0 Å². The van der Waals surface area contributed by atoms with Crippen LogP contribution in [-0.2, 0) is 15.6 Å². The van der Waals surface area contributed by atoms with E-state index < -0.39 is 22.8 Å². The van der Waals surface area contributed by atoms with Gasteiger partial charge >= 0.3 is 12.0 Å². The van der Waals surface area contributed by atoms with Gasteiger partial charge in [0.15, 0.2) is 0 Å². The zero-order valence-corrected chi connectivity index (χ0v) is 10.3. The standard InChI is InChI=1S/C9H18N2O4S/c1-3-7(6-8(12)13)11-9(14)10-4-5-16(2)15/h7H,3-6H2,1-2H3,(H,12,13)(H2,10,11,14). The lowest BCUT2D eigenvalue weighted by molar-refractivity contribution is -0.137. The second-order valence-electron chi connectivity index (χ2n) is 3.38. The summed E-state index contributed by atoms with van der Waals surface area (Å²) in [4.78, 5) is 21.7. The minimum Gasteiger partial charge on any atom is -0.481 e. The van der Waals surface area contributed by atoms with Crippen molar-refractivity contribution in [1.29, 1.82) is 0 Å². The van der Waals surface area contributed by atoms with Gasteiger partial charge in [-0.3, -0.25) is 9.00 Å². The summed E-state index contributed by atoms with van der Waals surface area (Å²) in [5.41, 5.74) is 0. The molecular formula is C9H18N2O4S. The van der Waals surface area contributed by atoms with Crippen molar-refractivity contribution < 1.29 is 18.9 Å². The number of carboxylic acids is 1. The van der Waals surface area contributed by atoms with E-state index in [0.717, 1.165) is 0 Å². The maximum atomic E-state index is 11.3. The predicted molar refractivity (Wildman–Crippen MR) is 61.8 cm³/mol. The monoisotopic (exact) mass is 250 g/mol. The smallest absolute Gasteiger partial charge is 0.315 e. The molecule has 0 saturated carbocycles. The molecule has 3 N–H and O–H groups in total. The maximum absolute atomic E-state index is 11.3. The van der Waals surface area contributed by atoms with E-state index in [4.69, 9.17) is 5.11 Å². The third-order valence-electron chi connectivity index (χ3n) is 1.92. The van der Waals surface area contributed by atoms with Gasteiger partial charge in [-0.2, -0.15) is 0 Å². The van der Waals surface area contributed by atoms with Gasteiger partial charge in [0.05, 0.1) is 6.42 Å². The molecule has 0 spiro atoms. The number of nitrogens with one attached hydrogen (secondary N) is 2. The van der Waals surface area contributed by atoms with Crippen LogP contribution in [0.25, 0.3) is 0 Å². The van der Waals surface area contributed by atoms with E-state index in [1.807, 2.05) is 0 Å². The summed E-state index contributed by atoms with van der Waals surface area (Å²) in [5, 5.41) is 13.6. The van der Waals surface area contributed by atoms with Crippen LogP contribution in [0.4, 0.5) is 4.79 Å². The average Bonchev–Trinajstić information content (AvgIpc) is 2.15.